The van der Waals surface area contributed by atoms with Crippen molar-refractivity contribution in [3.63, 3.8) is 0 Å². The first-order chi connectivity index (χ1) is 14.6. The Bertz CT molecular complexity index is 1020. The van der Waals surface area contributed by atoms with Gasteiger partial charge in [-0.1, -0.05) is 90.5 Å². The molecule has 1 aliphatic heterocycles. The largest absolute Gasteiger partial charge is 0.468 e. The summed E-state index contributed by atoms with van der Waals surface area (Å²) in [5, 5.41) is 3.42. The van der Waals surface area contributed by atoms with Crippen LogP contribution >= 0.6 is 0 Å². The van der Waals surface area contributed by atoms with E-state index in [-0.39, 0.29) is 23.7 Å². The maximum atomic E-state index is 13.8. The van der Waals surface area contributed by atoms with Crippen LogP contribution in [0.15, 0.2) is 84.9 Å². The molecule has 1 fully saturated rings. The molecule has 4 nitrogen and oxygen atoms in total. The fourth-order valence-corrected chi connectivity index (χ4v) is 4.42. The molecular formula is C26H25NO3. The zero-order chi connectivity index (χ0) is 21.1. The summed E-state index contributed by atoms with van der Waals surface area (Å²) in [4.78, 5) is 26.5. The van der Waals surface area contributed by atoms with E-state index in [4.69, 9.17) is 4.74 Å². The van der Waals surface area contributed by atoms with Gasteiger partial charge in [0.2, 0.25) is 0 Å². The zero-order valence-corrected chi connectivity index (χ0v) is 17.1. The molecule has 0 saturated carbocycles. The number of benzene rings is 3. The molecule has 0 radical (unpaired) electrons. The fourth-order valence-electron chi connectivity index (χ4n) is 4.42. The lowest BCUT2D eigenvalue weighted by atomic mass is 9.76. The molecule has 0 spiro atoms. The number of aryl methyl sites for hydroxylation is 1. The molecule has 4 atom stereocenters. The predicted molar refractivity (Wildman–Crippen MR) is 116 cm³/mol. The molecule has 4 rings (SSSR count). The van der Waals surface area contributed by atoms with Gasteiger partial charge in [0.1, 0.15) is 6.04 Å². The second-order valence-electron chi connectivity index (χ2n) is 7.75. The van der Waals surface area contributed by atoms with E-state index in [1.54, 1.807) is 0 Å². The molecule has 3 aromatic rings. The van der Waals surface area contributed by atoms with Crippen LogP contribution in [0.4, 0.5) is 0 Å². The Morgan fingerprint density at radius 2 is 1.37 bits per heavy atom. The maximum Gasteiger partial charge on any atom is 0.323 e. The lowest BCUT2D eigenvalue weighted by Gasteiger charge is -2.25. The summed E-state index contributed by atoms with van der Waals surface area (Å²) in [5.41, 5.74) is 3.68. The Labute approximate surface area is 176 Å². The summed E-state index contributed by atoms with van der Waals surface area (Å²) < 4.78 is 5.11. The number of hydrogen-bond acceptors (Lipinski definition) is 4. The standard InChI is InChI=1S/C26H25NO3/c1-17-13-15-20(16-14-17)25(28)22-21(18-9-5-3-6-10-18)24(26(29)30-2)27-23(22)19-11-7-4-8-12-19/h3-16,21-24,27H,1-2H3/t21-,22+,23+,24-/m1/s1. The van der Waals surface area contributed by atoms with Gasteiger partial charge in [0.15, 0.2) is 5.78 Å². The van der Waals surface area contributed by atoms with Crippen LogP contribution in [0.1, 0.15) is 39.0 Å². The minimum Gasteiger partial charge on any atom is -0.468 e. The van der Waals surface area contributed by atoms with Crippen molar-refractivity contribution in [2.45, 2.75) is 24.9 Å². The third kappa shape index (κ3) is 3.79. The van der Waals surface area contributed by atoms with Gasteiger partial charge < -0.3 is 4.74 Å². The topological polar surface area (TPSA) is 55.4 Å². The monoisotopic (exact) mass is 399 g/mol. The number of esters is 1. The quantitative estimate of drug-likeness (QED) is 0.508. The predicted octanol–water partition coefficient (Wildman–Crippen LogP) is 4.46. The number of nitrogens with one attached hydrogen (secondary N) is 1. The van der Waals surface area contributed by atoms with Crippen LogP contribution in [0.3, 0.4) is 0 Å². The Hall–Kier alpha value is -3.24. The molecule has 1 aliphatic rings. The van der Waals surface area contributed by atoms with Crippen molar-refractivity contribution in [1.29, 1.82) is 0 Å². The number of Topliss-reactive ketones (excluding diaryl/α,β-unsaturated/α-hetero) is 1. The molecule has 152 valence electrons. The van der Waals surface area contributed by atoms with Crippen molar-refractivity contribution in [2.75, 3.05) is 7.11 Å². The Morgan fingerprint density at radius 3 is 1.93 bits per heavy atom. The van der Waals surface area contributed by atoms with E-state index in [1.807, 2.05) is 91.9 Å². The fraction of sp³-hybridized carbons (Fsp3) is 0.231. The van der Waals surface area contributed by atoms with Crippen molar-refractivity contribution in [2.24, 2.45) is 5.92 Å². The van der Waals surface area contributed by atoms with Crippen LogP contribution in [0.25, 0.3) is 0 Å². The smallest absolute Gasteiger partial charge is 0.323 e. The van der Waals surface area contributed by atoms with E-state index < -0.39 is 12.0 Å². The summed E-state index contributed by atoms with van der Waals surface area (Å²) in [5.74, 6) is -1.11. The van der Waals surface area contributed by atoms with Gasteiger partial charge in [-0.2, -0.15) is 0 Å². The number of carbonyl (C=O) groups is 2. The van der Waals surface area contributed by atoms with Gasteiger partial charge in [0, 0.05) is 17.5 Å². The highest BCUT2D eigenvalue weighted by atomic mass is 16.5. The number of hydrogen-bond donors (Lipinski definition) is 1. The molecular weight excluding hydrogens is 374 g/mol. The van der Waals surface area contributed by atoms with Gasteiger partial charge in [-0.25, -0.2) is 0 Å². The lowest BCUT2D eigenvalue weighted by Crippen LogP contribution is -2.36. The van der Waals surface area contributed by atoms with E-state index in [9.17, 15) is 9.59 Å². The lowest BCUT2D eigenvalue weighted by molar-refractivity contribution is -0.143. The van der Waals surface area contributed by atoms with Gasteiger partial charge >= 0.3 is 5.97 Å². The first-order valence-corrected chi connectivity index (χ1v) is 10.1. The molecule has 4 heteroatoms. The second-order valence-corrected chi connectivity index (χ2v) is 7.75. The van der Waals surface area contributed by atoms with Crippen molar-refractivity contribution < 1.29 is 14.3 Å². The zero-order valence-electron chi connectivity index (χ0n) is 17.1. The first-order valence-electron chi connectivity index (χ1n) is 10.1. The van der Waals surface area contributed by atoms with E-state index in [0.717, 1.165) is 16.7 Å². The van der Waals surface area contributed by atoms with Gasteiger partial charge in [0.25, 0.3) is 0 Å². The van der Waals surface area contributed by atoms with Crippen molar-refractivity contribution in [3.8, 4) is 0 Å². The molecule has 0 aliphatic carbocycles. The Morgan fingerprint density at radius 1 is 0.800 bits per heavy atom. The van der Waals surface area contributed by atoms with E-state index in [0.29, 0.717) is 5.56 Å². The Balaban J connectivity index is 1.84. The first kappa shape index (κ1) is 20.0. The second kappa shape index (κ2) is 8.64. The molecule has 1 N–H and O–H groups in total. The molecule has 0 bridgehead atoms. The van der Waals surface area contributed by atoms with Crippen LogP contribution in [0.5, 0.6) is 0 Å². The highest BCUT2D eigenvalue weighted by Crippen LogP contribution is 2.45. The number of ether oxygens (including phenoxy) is 1. The Kier molecular flexibility index (Phi) is 5.77. The van der Waals surface area contributed by atoms with E-state index >= 15 is 0 Å². The molecule has 1 saturated heterocycles. The average Bonchev–Trinajstić information content (AvgIpc) is 3.20. The van der Waals surface area contributed by atoms with Crippen molar-refractivity contribution >= 4 is 11.8 Å². The number of carbonyl (C=O) groups excluding carboxylic acids is 2. The van der Waals surface area contributed by atoms with E-state index in [1.165, 1.54) is 7.11 Å². The van der Waals surface area contributed by atoms with Crippen LogP contribution in [-0.2, 0) is 9.53 Å². The van der Waals surface area contributed by atoms with Crippen LogP contribution in [0, 0.1) is 12.8 Å². The average molecular weight is 399 g/mol. The highest BCUT2D eigenvalue weighted by molar-refractivity contribution is 6.00. The highest BCUT2D eigenvalue weighted by Gasteiger charge is 2.51. The van der Waals surface area contributed by atoms with Gasteiger partial charge in [0.05, 0.1) is 13.0 Å². The third-order valence-electron chi connectivity index (χ3n) is 5.90. The molecule has 0 aromatic heterocycles. The minimum absolute atomic E-state index is 0.0246. The van der Waals surface area contributed by atoms with Crippen molar-refractivity contribution in [1.82, 2.24) is 5.32 Å². The van der Waals surface area contributed by atoms with Crippen molar-refractivity contribution in [3.05, 3.63) is 107 Å². The summed E-state index contributed by atoms with van der Waals surface area (Å²) in [7, 11) is 1.39. The number of ketones is 1. The minimum atomic E-state index is -0.609. The number of methoxy groups -OCH3 is 1. The van der Waals surface area contributed by atoms with Gasteiger partial charge in [-0.3, -0.25) is 14.9 Å². The van der Waals surface area contributed by atoms with Crippen LogP contribution < -0.4 is 5.32 Å². The molecule has 0 amide bonds. The summed E-state index contributed by atoms with van der Waals surface area (Å²) in [6.45, 7) is 2.00. The summed E-state index contributed by atoms with van der Waals surface area (Å²) in [6.07, 6.45) is 0. The van der Waals surface area contributed by atoms with Gasteiger partial charge in [-0.05, 0) is 18.1 Å². The van der Waals surface area contributed by atoms with Gasteiger partial charge in [-0.15, -0.1) is 0 Å². The van der Waals surface area contributed by atoms with Crippen LogP contribution in [-0.4, -0.2) is 24.9 Å². The summed E-state index contributed by atoms with van der Waals surface area (Å²) in [6, 6.07) is 26.3. The number of rotatable bonds is 5. The molecule has 0 unspecified atom stereocenters. The molecule has 3 aromatic carbocycles. The van der Waals surface area contributed by atoms with Crippen LogP contribution in [0.2, 0.25) is 0 Å². The van der Waals surface area contributed by atoms with E-state index in [2.05, 4.69) is 5.32 Å². The normalized spacial score (nSPS) is 23.1. The third-order valence-corrected chi connectivity index (χ3v) is 5.90. The molecule has 30 heavy (non-hydrogen) atoms. The molecule has 1 heterocycles. The summed E-state index contributed by atoms with van der Waals surface area (Å²) >= 11 is 0. The SMILES string of the molecule is COC(=O)[C@@H]1N[C@@H](c2ccccc2)[C@@H](C(=O)c2ccc(C)cc2)[C@H]1c1ccccc1. The maximum absolute atomic E-state index is 13.8.